The molecule has 0 radical (unpaired) electrons. The van der Waals surface area contributed by atoms with E-state index in [1.165, 1.54) is 10.4 Å². The van der Waals surface area contributed by atoms with E-state index in [-0.39, 0.29) is 42.1 Å². The Bertz CT molecular complexity index is 1370. The summed E-state index contributed by atoms with van der Waals surface area (Å²) in [7, 11) is -4.06. The first-order valence-electron chi connectivity index (χ1n) is 10.0. The highest BCUT2D eigenvalue weighted by molar-refractivity contribution is 7.89. The summed E-state index contributed by atoms with van der Waals surface area (Å²) in [5.74, 6) is 0.0385. The second-order valence-electron chi connectivity index (χ2n) is 8.15. The summed E-state index contributed by atoms with van der Waals surface area (Å²) in [6.45, 7) is 2.92. The van der Waals surface area contributed by atoms with Crippen molar-refractivity contribution in [2.24, 2.45) is 5.92 Å². The van der Waals surface area contributed by atoms with Gasteiger partial charge in [0.05, 0.1) is 0 Å². The van der Waals surface area contributed by atoms with Gasteiger partial charge in [0.25, 0.3) is 20.7 Å². The number of hydrogen-bond acceptors (Lipinski definition) is 6. The zero-order chi connectivity index (χ0) is 21.8. The van der Waals surface area contributed by atoms with E-state index in [0.717, 1.165) is 17.7 Å². The maximum atomic E-state index is 13.4. The predicted molar refractivity (Wildman–Crippen MR) is 112 cm³/mol. The number of aromatic nitrogens is 2. The standard InChI is InChI=1S/C22H20N4O4S/c1-14-5-7-16(8-6-14)21-24-18(10-23)22(30-21)31(28,29)25-11-15-9-17(13-25)19-3-2-4-20(27)26(19)12-15/h2-8,15,17H,9,11-13H2,1H3. The van der Waals surface area contributed by atoms with E-state index in [2.05, 4.69) is 4.98 Å². The Balaban J connectivity index is 1.51. The van der Waals surface area contributed by atoms with Crippen LogP contribution in [0.15, 0.2) is 56.8 Å². The lowest BCUT2D eigenvalue weighted by Crippen LogP contribution is -2.49. The molecule has 2 aliphatic heterocycles. The molecular formula is C22H20N4O4S. The molecule has 2 bridgehead atoms. The van der Waals surface area contributed by atoms with E-state index in [0.29, 0.717) is 12.1 Å². The highest BCUT2D eigenvalue weighted by Crippen LogP contribution is 2.38. The Kier molecular flexibility index (Phi) is 4.57. The van der Waals surface area contributed by atoms with Crippen LogP contribution in [0.5, 0.6) is 0 Å². The number of fused-ring (bicyclic) bond motifs is 4. The average molecular weight is 436 g/mol. The van der Waals surface area contributed by atoms with Crippen LogP contribution in [0.1, 0.15) is 29.3 Å². The van der Waals surface area contributed by atoms with Crippen LogP contribution in [-0.4, -0.2) is 35.4 Å². The molecule has 3 aromatic rings. The molecule has 8 nitrogen and oxygen atoms in total. The molecule has 0 amide bonds. The van der Waals surface area contributed by atoms with Crippen LogP contribution in [0, 0.1) is 24.2 Å². The van der Waals surface area contributed by atoms with Crippen LogP contribution in [-0.2, 0) is 16.6 Å². The Hall–Kier alpha value is -3.22. The van der Waals surface area contributed by atoms with Gasteiger partial charge in [-0.3, -0.25) is 4.79 Å². The van der Waals surface area contributed by atoms with E-state index in [1.54, 1.807) is 22.8 Å². The van der Waals surface area contributed by atoms with Crippen LogP contribution in [0.3, 0.4) is 0 Å². The normalized spacial score (nSPS) is 20.8. The molecule has 31 heavy (non-hydrogen) atoms. The van der Waals surface area contributed by atoms with E-state index >= 15 is 0 Å². The van der Waals surface area contributed by atoms with E-state index in [4.69, 9.17) is 4.42 Å². The minimum absolute atomic E-state index is 0.0196. The molecule has 4 heterocycles. The lowest BCUT2D eigenvalue weighted by Gasteiger charge is -2.41. The number of sulfonamides is 1. The molecular weight excluding hydrogens is 416 g/mol. The molecule has 2 unspecified atom stereocenters. The van der Waals surface area contributed by atoms with Gasteiger partial charge in [-0.15, -0.1) is 0 Å². The van der Waals surface area contributed by atoms with E-state index in [1.807, 2.05) is 31.2 Å². The first-order chi connectivity index (χ1) is 14.9. The van der Waals surface area contributed by atoms with Gasteiger partial charge in [-0.1, -0.05) is 23.8 Å². The van der Waals surface area contributed by atoms with Gasteiger partial charge in [0.15, 0.2) is 5.69 Å². The van der Waals surface area contributed by atoms with Crippen molar-refractivity contribution in [1.29, 1.82) is 5.26 Å². The van der Waals surface area contributed by atoms with Crippen LogP contribution in [0.4, 0.5) is 0 Å². The number of oxazole rings is 1. The van der Waals surface area contributed by atoms with Gasteiger partial charge in [-0.2, -0.15) is 14.6 Å². The number of nitriles is 1. The monoisotopic (exact) mass is 436 g/mol. The lowest BCUT2D eigenvalue weighted by atomic mass is 9.84. The number of nitrogens with zero attached hydrogens (tertiary/aromatic N) is 4. The summed E-state index contributed by atoms with van der Waals surface area (Å²) in [4.78, 5) is 16.3. The zero-order valence-corrected chi connectivity index (χ0v) is 17.7. The van der Waals surface area contributed by atoms with Gasteiger partial charge >= 0.3 is 0 Å². The Morgan fingerprint density at radius 2 is 1.90 bits per heavy atom. The maximum Gasteiger partial charge on any atom is 0.279 e. The third kappa shape index (κ3) is 3.28. The summed E-state index contributed by atoms with van der Waals surface area (Å²) < 4.78 is 35.7. The highest BCUT2D eigenvalue weighted by Gasteiger charge is 2.42. The average Bonchev–Trinajstić information content (AvgIpc) is 3.20. The van der Waals surface area contributed by atoms with Crippen LogP contribution in [0.25, 0.3) is 11.5 Å². The van der Waals surface area contributed by atoms with Crippen LogP contribution >= 0.6 is 0 Å². The van der Waals surface area contributed by atoms with Crippen LogP contribution < -0.4 is 5.56 Å². The fourth-order valence-corrected chi connectivity index (χ4v) is 6.07. The maximum absolute atomic E-state index is 13.4. The molecule has 0 N–H and O–H groups in total. The number of aryl methyl sites for hydroxylation is 1. The van der Waals surface area contributed by atoms with Crippen molar-refractivity contribution in [2.45, 2.75) is 30.9 Å². The van der Waals surface area contributed by atoms with Gasteiger partial charge in [-0.25, -0.2) is 8.42 Å². The second-order valence-corrected chi connectivity index (χ2v) is 9.99. The van der Waals surface area contributed by atoms with Gasteiger partial charge in [0, 0.05) is 42.9 Å². The third-order valence-electron chi connectivity index (χ3n) is 6.02. The van der Waals surface area contributed by atoms with Gasteiger partial charge in [-0.05, 0) is 37.5 Å². The smallest absolute Gasteiger partial charge is 0.279 e. The zero-order valence-electron chi connectivity index (χ0n) is 16.9. The Morgan fingerprint density at radius 3 is 2.65 bits per heavy atom. The van der Waals surface area contributed by atoms with Crippen molar-refractivity contribution in [3.63, 3.8) is 0 Å². The van der Waals surface area contributed by atoms with Crippen molar-refractivity contribution < 1.29 is 12.8 Å². The molecule has 158 valence electrons. The first kappa shape index (κ1) is 19.7. The summed E-state index contributed by atoms with van der Waals surface area (Å²) >= 11 is 0. The van der Waals surface area contributed by atoms with Gasteiger partial charge < -0.3 is 8.98 Å². The largest absolute Gasteiger partial charge is 0.422 e. The van der Waals surface area contributed by atoms with Crippen molar-refractivity contribution >= 4 is 10.0 Å². The molecule has 2 aromatic heterocycles. The molecule has 0 aliphatic carbocycles. The number of hydrogen-bond donors (Lipinski definition) is 0. The van der Waals surface area contributed by atoms with Crippen LogP contribution in [0.2, 0.25) is 0 Å². The molecule has 9 heteroatoms. The summed E-state index contributed by atoms with van der Waals surface area (Å²) in [6.07, 6.45) is 0.825. The minimum atomic E-state index is -4.06. The van der Waals surface area contributed by atoms with Crippen molar-refractivity contribution in [1.82, 2.24) is 13.9 Å². The topological polar surface area (TPSA) is 109 Å². The minimum Gasteiger partial charge on any atom is -0.422 e. The Morgan fingerprint density at radius 1 is 1.13 bits per heavy atom. The second kappa shape index (κ2) is 7.18. The number of piperidine rings is 1. The molecule has 1 saturated heterocycles. The molecule has 2 aliphatic rings. The number of pyridine rings is 1. The van der Waals surface area contributed by atoms with Crippen molar-refractivity contribution in [3.8, 4) is 17.5 Å². The first-order valence-corrected chi connectivity index (χ1v) is 11.5. The third-order valence-corrected chi connectivity index (χ3v) is 7.74. The fraction of sp³-hybridized carbons (Fsp3) is 0.318. The Labute approximate surface area is 179 Å². The summed E-state index contributed by atoms with van der Waals surface area (Å²) in [5.41, 5.74) is 2.19. The SMILES string of the molecule is Cc1ccc(-c2nc(C#N)c(S(=O)(=O)N3CC4CC(C3)c3cccc(=O)n3C4)o2)cc1. The van der Waals surface area contributed by atoms with Crippen molar-refractivity contribution in [2.75, 3.05) is 13.1 Å². The summed E-state index contributed by atoms with van der Waals surface area (Å²) in [5, 5.41) is 9.09. The van der Waals surface area contributed by atoms with Gasteiger partial charge in [0.2, 0.25) is 5.89 Å². The number of rotatable bonds is 3. The van der Waals surface area contributed by atoms with Crippen molar-refractivity contribution in [3.05, 3.63) is 69.8 Å². The molecule has 1 aromatic carbocycles. The van der Waals surface area contributed by atoms with Gasteiger partial charge in [0.1, 0.15) is 6.07 Å². The molecule has 1 fully saturated rings. The molecule has 5 rings (SSSR count). The highest BCUT2D eigenvalue weighted by atomic mass is 32.2. The van der Waals surface area contributed by atoms with E-state index < -0.39 is 15.1 Å². The molecule has 0 saturated carbocycles. The fourth-order valence-electron chi connectivity index (χ4n) is 4.54. The van der Waals surface area contributed by atoms with E-state index in [9.17, 15) is 18.5 Å². The predicted octanol–water partition coefficient (Wildman–Crippen LogP) is 2.49. The lowest BCUT2D eigenvalue weighted by molar-refractivity contribution is 0.184. The molecule has 2 atom stereocenters. The summed E-state index contributed by atoms with van der Waals surface area (Å²) in [6, 6.07) is 14.3. The quantitative estimate of drug-likeness (QED) is 0.624. The molecule has 0 spiro atoms. The number of benzene rings is 1.